The van der Waals surface area contributed by atoms with Crippen LogP contribution in [0.5, 0.6) is 0 Å². The smallest absolute Gasteiger partial charge is 0.308 e. The van der Waals surface area contributed by atoms with E-state index in [1.165, 1.54) is 0 Å². The summed E-state index contributed by atoms with van der Waals surface area (Å²) >= 11 is 0. The van der Waals surface area contributed by atoms with Crippen molar-refractivity contribution in [1.29, 1.82) is 0 Å². The molecule has 0 spiro atoms. The number of furan rings is 1. The molecule has 1 amide bonds. The van der Waals surface area contributed by atoms with Crippen LogP contribution >= 0.6 is 0 Å². The molecule has 5 heteroatoms. The Kier molecular flexibility index (Phi) is 4.74. The first-order valence-corrected chi connectivity index (χ1v) is 8.44. The topological polar surface area (TPSA) is 79.5 Å². The van der Waals surface area contributed by atoms with E-state index < -0.39 is 11.9 Å². The predicted molar refractivity (Wildman–Crippen MR) is 96.8 cm³/mol. The third-order valence-corrected chi connectivity index (χ3v) is 4.53. The molecular weight excluding hydrogens is 318 g/mol. The largest absolute Gasteiger partial charge is 0.481 e. The molecule has 25 heavy (non-hydrogen) atoms. The van der Waals surface area contributed by atoms with E-state index in [2.05, 4.69) is 5.32 Å². The lowest BCUT2D eigenvalue weighted by atomic mass is 10.0. The maximum absolute atomic E-state index is 12.5. The summed E-state index contributed by atoms with van der Waals surface area (Å²) in [4.78, 5) is 23.7. The normalized spacial score (nSPS) is 12.4. The fourth-order valence-corrected chi connectivity index (χ4v) is 3.12. The molecule has 130 valence electrons. The van der Waals surface area contributed by atoms with Crippen LogP contribution in [0.3, 0.4) is 0 Å². The van der Waals surface area contributed by atoms with Gasteiger partial charge in [-0.2, -0.15) is 0 Å². The molecule has 2 aromatic carbocycles. The van der Waals surface area contributed by atoms with Gasteiger partial charge in [0, 0.05) is 22.9 Å². The van der Waals surface area contributed by atoms with E-state index in [0.29, 0.717) is 12.0 Å². The van der Waals surface area contributed by atoms with Gasteiger partial charge >= 0.3 is 5.97 Å². The van der Waals surface area contributed by atoms with Gasteiger partial charge in [0.1, 0.15) is 5.58 Å². The summed E-state index contributed by atoms with van der Waals surface area (Å²) in [5, 5.41) is 14.8. The SMILES string of the molecule is CCCC(CNC(=O)c1oc2c(ccc3ccccc32)c1C)C(=O)O. The molecule has 1 aromatic heterocycles. The number of rotatable bonds is 6. The Balaban J connectivity index is 1.90. The van der Waals surface area contributed by atoms with Crippen molar-refractivity contribution in [2.75, 3.05) is 6.54 Å². The lowest BCUT2D eigenvalue weighted by Gasteiger charge is -2.11. The number of carbonyl (C=O) groups excluding carboxylic acids is 1. The highest BCUT2D eigenvalue weighted by Gasteiger charge is 2.22. The second kappa shape index (κ2) is 6.97. The molecule has 3 rings (SSSR count). The number of carboxylic acid groups (broad SMARTS) is 1. The van der Waals surface area contributed by atoms with Crippen molar-refractivity contribution in [2.45, 2.75) is 26.7 Å². The van der Waals surface area contributed by atoms with Crippen LogP contribution in [-0.4, -0.2) is 23.5 Å². The van der Waals surface area contributed by atoms with E-state index in [9.17, 15) is 14.7 Å². The van der Waals surface area contributed by atoms with Crippen LogP contribution in [0, 0.1) is 12.8 Å². The first-order valence-electron chi connectivity index (χ1n) is 8.44. The number of amides is 1. The molecule has 0 fully saturated rings. The molecular formula is C20H21NO4. The molecule has 0 aliphatic rings. The van der Waals surface area contributed by atoms with Gasteiger partial charge in [0.05, 0.1) is 5.92 Å². The fraction of sp³-hybridized carbons (Fsp3) is 0.300. The van der Waals surface area contributed by atoms with Crippen LogP contribution in [0.2, 0.25) is 0 Å². The van der Waals surface area contributed by atoms with Crippen LogP contribution in [0.1, 0.15) is 35.9 Å². The summed E-state index contributed by atoms with van der Waals surface area (Å²) in [5.41, 5.74) is 1.45. The van der Waals surface area contributed by atoms with Crippen LogP contribution in [0.25, 0.3) is 21.7 Å². The number of fused-ring (bicyclic) bond motifs is 3. The number of carbonyl (C=O) groups is 2. The highest BCUT2D eigenvalue weighted by atomic mass is 16.4. The summed E-state index contributed by atoms with van der Waals surface area (Å²) in [5.74, 6) is -1.61. The Morgan fingerprint density at radius 1 is 1.16 bits per heavy atom. The minimum absolute atomic E-state index is 0.0965. The highest BCUT2D eigenvalue weighted by Crippen LogP contribution is 2.31. The van der Waals surface area contributed by atoms with Gasteiger partial charge < -0.3 is 14.8 Å². The van der Waals surface area contributed by atoms with E-state index in [1.807, 2.05) is 50.2 Å². The molecule has 0 aliphatic carbocycles. The fourth-order valence-electron chi connectivity index (χ4n) is 3.12. The van der Waals surface area contributed by atoms with Gasteiger partial charge in [-0.05, 0) is 18.7 Å². The molecule has 0 radical (unpaired) electrons. The zero-order valence-electron chi connectivity index (χ0n) is 14.3. The number of carboxylic acids is 1. The van der Waals surface area contributed by atoms with Gasteiger partial charge in [-0.15, -0.1) is 0 Å². The van der Waals surface area contributed by atoms with Gasteiger partial charge in [0.15, 0.2) is 5.76 Å². The van der Waals surface area contributed by atoms with E-state index in [0.717, 1.165) is 28.1 Å². The summed E-state index contributed by atoms with van der Waals surface area (Å²) < 4.78 is 5.87. The minimum Gasteiger partial charge on any atom is -0.481 e. The monoisotopic (exact) mass is 339 g/mol. The van der Waals surface area contributed by atoms with E-state index in [4.69, 9.17) is 4.42 Å². The summed E-state index contributed by atoms with van der Waals surface area (Å²) in [7, 11) is 0. The number of hydrogen-bond donors (Lipinski definition) is 2. The van der Waals surface area contributed by atoms with Crippen molar-refractivity contribution in [3.8, 4) is 0 Å². The number of nitrogens with one attached hydrogen (secondary N) is 1. The van der Waals surface area contributed by atoms with Gasteiger partial charge in [0.2, 0.25) is 0 Å². The molecule has 2 N–H and O–H groups in total. The lowest BCUT2D eigenvalue weighted by Crippen LogP contribution is -2.33. The molecule has 5 nitrogen and oxygen atoms in total. The predicted octanol–water partition coefficient (Wildman–Crippen LogP) is 4.13. The van der Waals surface area contributed by atoms with Crippen molar-refractivity contribution in [3.05, 3.63) is 47.7 Å². The van der Waals surface area contributed by atoms with Gasteiger partial charge in [-0.1, -0.05) is 49.7 Å². The average molecular weight is 339 g/mol. The molecule has 0 bridgehead atoms. The summed E-state index contributed by atoms with van der Waals surface area (Å²) in [6.07, 6.45) is 1.28. The Labute approximate surface area is 145 Å². The third-order valence-electron chi connectivity index (χ3n) is 4.53. The number of benzene rings is 2. The minimum atomic E-state index is -0.894. The maximum Gasteiger partial charge on any atom is 0.308 e. The zero-order valence-corrected chi connectivity index (χ0v) is 14.3. The molecule has 1 unspecified atom stereocenters. The standard InChI is InChI=1S/C20H21NO4/c1-3-6-14(20(23)24)11-21-19(22)17-12(2)15-10-9-13-7-4-5-8-16(13)18(15)25-17/h4-5,7-10,14H,3,6,11H2,1-2H3,(H,21,22)(H,23,24). The van der Waals surface area contributed by atoms with Crippen LogP contribution in [0.15, 0.2) is 40.8 Å². The number of aliphatic carboxylic acids is 1. The van der Waals surface area contributed by atoms with Gasteiger partial charge in [-0.25, -0.2) is 0 Å². The summed E-state index contributed by atoms with van der Waals surface area (Å²) in [6.45, 7) is 3.86. The Hall–Kier alpha value is -2.82. The van der Waals surface area contributed by atoms with Crippen molar-refractivity contribution in [1.82, 2.24) is 5.32 Å². The second-order valence-corrected chi connectivity index (χ2v) is 6.25. The van der Waals surface area contributed by atoms with Crippen LogP contribution in [-0.2, 0) is 4.79 Å². The van der Waals surface area contributed by atoms with Gasteiger partial charge in [-0.3, -0.25) is 9.59 Å². The maximum atomic E-state index is 12.5. The van der Waals surface area contributed by atoms with Crippen LogP contribution < -0.4 is 5.32 Å². The average Bonchev–Trinajstić information content (AvgIpc) is 2.95. The van der Waals surface area contributed by atoms with E-state index in [-0.39, 0.29) is 18.2 Å². The Bertz CT molecular complexity index is 941. The second-order valence-electron chi connectivity index (χ2n) is 6.25. The first kappa shape index (κ1) is 17.0. The number of hydrogen-bond acceptors (Lipinski definition) is 3. The van der Waals surface area contributed by atoms with Crippen LogP contribution in [0.4, 0.5) is 0 Å². The van der Waals surface area contributed by atoms with E-state index >= 15 is 0 Å². The van der Waals surface area contributed by atoms with Crippen molar-refractivity contribution in [3.63, 3.8) is 0 Å². The lowest BCUT2D eigenvalue weighted by molar-refractivity contribution is -0.141. The molecule has 0 saturated heterocycles. The molecule has 1 heterocycles. The molecule has 0 aliphatic heterocycles. The molecule has 0 saturated carbocycles. The molecule has 1 atom stereocenters. The first-order chi connectivity index (χ1) is 12.0. The van der Waals surface area contributed by atoms with E-state index in [1.54, 1.807) is 0 Å². The zero-order chi connectivity index (χ0) is 18.0. The van der Waals surface area contributed by atoms with Crippen molar-refractivity contribution >= 4 is 33.6 Å². The molecule has 3 aromatic rings. The van der Waals surface area contributed by atoms with Gasteiger partial charge in [0.25, 0.3) is 5.91 Å². The highest BCUT2D eigenvalue weighted by molar-refractivity contribution is 6.08. The third kappa shape index (κ3) is 3.22. The Morgan fingerprint density at radius 3 is 2.64 bits per heavy atom. The quantitative estimate of drug-likeness (QED) is 0.708. The van der Waals surface area contributed by atoms with Crippen molar-refractivity contribution in [2.24, 2.45) is 5.92 Å². The number of aryl methyl sites for hydroxylation is 1. The summed E-state index contributed by atoms with van der Waals surface area (Å²) in [6, 6.07) is 11.8. The Morgan fingerprint density at radius 2 is 1.92 bits per heavy atom. The van der Waals surface area contributed by atoms with Crippen molar-refractivity contribution < 1.29 is 19.1 Å².